The lowest BCUT2D eigenvalue weighted by molar-refractivity contribution is 0.0344. The lowest BCUT2D eigenvalue weighted by Gasteiger charge is -2.34. The normalized spacial score (nSPS) is 18.7. The fourth-order valence-electron chi connectivity index (χ4n) is 6.76. The topological polar surface area (TPSA) is 78.1 Å². The highest BCUT2D eigenvalue weighted by Gasteiger charge is 2.30. The number of carbonyl (C=O) groups is 1. The number of piperidine rings is 1. The second kappa shape index (κ2) is 13.1. The van der Waals surface area contributed by atoms with Gasteiger partial charge in [-0.25, -0.2) is 13.8 Å². The molecule has 1 fully saturated rings. The summed E-state index contributed by atoms with van der Waals surface area (Å²) in [5.74, 6) is -0.0402. The van der Waals surface area contributed by atoms with E-state index in [1.54, 1.807) is 12.3 Å². The molecule has 4 aromatic rings. The number of aromatic nitrogens is 2. The quantitative estimate of drug-likeness (QED) is 0.209. The molecule has 2 atom stereocenters. The number of aromatic amines is 1. The van der Waals surface area contributed by atoms with Crippen LogP contribution in [0.3, 0.4) is 0 Å². The Morgan fingerprint density at radius 1 is 1.07 bits per heavy atom. The third-order valence-electron chi connectivity index (χ3n) is 9.78. The molecule has 6 nitrogen and oxygen atoms in total. The van der Waals surface area contributed by atoms with Gasteiger partial charge in [-0.05, 0) is 103 Å². The Hall–Kier alpha value is -3.43. The molecular weight excluding hydrogens is 590 g/mol. The minimum absolute atomic E-state index is 0.130. The Labute approximate surface area is 267 Å². The van der Waals surface area contributed by atoms with Crippen LogP contribution >= 0.6 is 11.3 Å². The van der Waals surface area contributed by atoms with Gasteiger partial charge < -0.3 is 15.2 Å². The number of hydrogen-bond donors (Lipinski definition) is 2. The van der Waals surface area contributed by atoms with Crippen LogP contribution in [0, 0.1) is 17.3 Å². The summed E-state index contributed by atoms with van der Waals surface area (Å²) in [6.45, 7) is 8.91. The molecule has 1 aliphatic carbocycles. The SMILES string of the molecule is CC(C)(C)[C@H]1CCc2nc3sc(C(=O)N[C@H](CCN4CCC(C(F)F)CC4)c4ccc(-c5ccc(=O)[nH]c5)cc4)cc3cc2C1. The number of nitrogens with one attached hydrogen (secondary N) is 2. The molecule has 0 spiro atoms. The number of nitrogens with zero attached hydrogens (tertiary/aromatic N) is 2. The van der Waals surface area contributed by atoms with Crippen molar-refractivity contribution >= 4 is 27.5 Å². The molecule has 0 saturated carbocycles. The summed E-state index contributed by atoms with van der Waals surface area (Å²) in [6.07, 6.45) is 4.21. The van der Waals surface area contributed by atoms with Gasteiger partial charge in [0, 0.05) is 35.8 Å². The monoisotopic (exact) mass is 632 g/mol. The van der Waals surface area contributed by atoms with Crippen molar-refractivity contribution in [1.82, 2.24) is 20.2 Å². The third kappa shape index (κ3) is 7.36. The number of benzene rings is 1. The van der Waals surface area contributed by atoms with Crippen molar-refractivity contribution in [1.29, 1.82) is 0 Å². The molecule has 0 radical (unpaired) electrons. The van der Waals surface area contributed by atoms with E-state index in [1.165, 1.54) is 23.0 Å². The van der Waals surface area contributed by atoms with Gasteiger partial charge in [-0.15, -0.1) is 11.3 Å². The Bertz CT molecular complexity index is 1680. The minimum Gasteiger partial charge on any atom is -0.344 e. The van der Waals surface area contributed by atoms with E-state index in [0.29, 0.717) is 49.7 Å². The number of likely N-dealkylation sites (tertiary alicyclic amines) is 1. The number of rotatable bonds is 8. The first kappa shape index (κ1) is 31.5. The molecule has 3 aromatic heterocycles. The molecular formula is C36H42F2N4O2S. The van der Waals surface area contributed by atoms with Gasteiger partial charge in [0.1, 0.15) is 4.83 Å². The van der Waals surface area contributed by atoms with Gasteiger partial charge in [0.2, 0.25) is 12.0 Å². The van der Waals surface area contributed by atoms with Crippen LogP contribution in [0.15, 0.2) is 59.5 Å². The van der Waals surface area contributed by atoms with E-state index in [0.717, 1.165) is 51.9 Å². The molecule has 2 aliphatic rings. The first-order valence-electron chi connectivity index (χ1n) is 16.1. The summed E-state index contributed by atoms with van der Waals surface area (Å²) in [5, 5.41) is 4.31. The van der Waals surface area contributed by atoms with Gasteiger partial charge in [0.05, 0.1) is 10.9 Å². The number of pyridine rings is 2. The van der Waals surface area contributed by atoms with E-state index in [1.807, 2.05) is 30.3 Å². The van der Waals surface area contributed by atoms with Crippen LogP contribution in [0.1, 0.15) is 79.0 Å². The maximum Gasteiger partial charge on any atom is 0.261 e. The van der Waals surface area contributed by atoms with Gasteiger partial charge in [-0.1, -0.05) is 45.0 Å². The van der Waals surface area contributed by atoms with E-state index in [-0.39, 0.29) is 22.9 Å². The number of H-pyrrole nitrogens is 1. The zero-order valence-corrected chi connectivity index (χ0v) is 27.1. The molecule has 9 heteroatoms. The maximum atomic E-state index is 13.7. The summed E-state index contributed by atoms with van der Waals surface area (Å²) in [4.78, 5) is 36.7. The Balaban J connectivity index is 1.20. The molecule has 6 rings (SSSR count). The molecule has 2 N–H and O–H groups in total. The van der Waals surface area contributed by atoms with Crippen LogP contribution in [-0.4, -0.2) is 46.8 Å². The predicted octanol–water partition coefficient (Wildman–Crippen LogP) is 7.64. The van der Waals surface area contributed by atoms with Crippen LogP contribution in [0.25, 0.3) is 21.3 Å². The van der Waals surface area contributed by atoms with Crippen molar-refractivity contribution in [2.24, 2.45) is 17.3 Å². The minimum atomic E-state index is -2.26. The van der Waals surface area contributed by atoms with Gasteiger partial charge >= 0.3 is 0 Å². The number of alkyl halides is 2. The molecule has 4 heterocycles. The van der Waals surface area contributed by atoms with Crippen LogP contribution in [0.2, 0.25) is 0 Å². The Morgan fingerprint density at radius 3 is 2.47 bits per heavy atom. The lowest BCUT2D eigenvalue weighted by atomic mass is 9.71. The molecule has 0 bridgehead atoms. The van der Waals surface area contributed by atoms with Gasteiger partial charge in [0.25, 0.3) is 5.91 Å². The maximum absolute atomic E-state index is 13.7. The van der Waals surface area contributed by atoms with Crippen molar-refractivity contribution < 1.29 is 13.6 Å². The zero-order valence-electron chi connectivity index (χ0n) is 26.2. The molecule has 0 unspecified atom stereocenters. The highest BCUT2D eigenvalue weighted by atomic mass is 32.1. The Kier molecular flexibility index (Phi) is 9.20. The fraction of sp³-hybridized carbons (Fsp3) is 0.472. The van der Waals surface area contributed by atoms with Crippen LogP contribution in [0.5, 0.6) is 0 Å². The average Bonchev–Trinajstić information content (AvgIpc) is 3.45. The summed E-state index contributed by atoms with van der Waals surface area (Å²) < 4.78 is 26.4. The van der Waals surface area contributed by atoms with E-state index in [2.05, 4.69) is 42.0 Å². The molecule has 45 heavy (non-hydrogen) atoms. The summed E-state index contributed by atoms with van der Waals surface area (Å²) in [7, 11) is 0. The second-order valence-corrected chi connectivity index (χ2v) is 14.8. The number of halogens is 2. The number of amides is 1. The summed E-state index contributed by atoms with van der Waals surface area (Å²) in [6, 6.07) is 15.3. The van der Waals surface area contributed by atoms with Crippen molar-refractivity contribution in [3.63, 3.8) is 0 Å². The Morgan fingerprint density at radius 2 is 1.80 bits per heavy atom. The molecule has 238 valence electrons. The fourth-order valence-corrected chi connectivity index (χ4v) is 7.70. The van der Waals surface area contributed by atoms with Gasteiger partial charge in [-0.2, -0.15) is 0 Å². The van der Waals surface area contributed by atoms with Crippen molar-refractivity contribution in [2.75, 3.05) is 19.6 Å². The number of thiophene rings is 1. The molecule has 1 amide bonds. The molecule has 1 saturated heterocycles. The highest BCUT2D eigenvalue weighted by Crippen LogP contribution is 2.38. The molecule has 1 aromatic carbocycles. The number of hydrogen-bond acceptors (Lipinski definition) is 5. The smallest absolute Gasteiger partial charge is 0.261 e. The van der Waals surface area contributed by atoms with E-state index >= 15 is 0 Å². The van der Waals surface area contributed by atoms with Crippen LogP contribution in [0.4, 0.5) is 8.78 Å². The second-order valence-electron chi connectivity index (χ2n) is 13.8. The summed E-state index contributed by atoms with van der Waals surface area (Å²) in [5.41, 5.74) is 5.39. The van der Waals surface area contributed by atoms with E-state index in [9.17, 15) is 18.4 Å². The standard InChI is InChI=1S/C36H42F2N4O2S/c1-36(2,3)28-9-10-29-26(19-28)18-27-20-31(45-35(27)41-29)34(44)40-30(14-17-42-15-12-24(13-16-42)33(37)38)23-6-4-22(5-7-23)25-8-11-32(43)39-21-25/h4-8,11,18,20-21,24,28,30,33H,9-10,12-17,19H2,1-3H3,(H,39,43)(H,40,44)/t28-,30+/m0/s1. The first-order valence-corrected chi connectivity index (χ1v) is 16.9. The number of carbonyl (C=O) groups excluding carboxylic acids is 1. The van der Waals surface area contributed by atoms with Gasteiger partial charge in [-0.3, -0.25) is 9.59 Å². The van der Waals surface area contributed by atoms with E-state index in [4.69, 9.17) is 4.98 Å². The van der Waals surface area contributed by atoms with Gasteiger partial charge in [0.15, 0.2) is 0 Å². The van der Waals surface area contributed by atoms with Crippen molar-refractivity contribution in [2.45, 2.75) is 71.8 Å². The average molecular weight is 633 g/mol. The highest BCUT2D eigenvalue weighted by molar-refractivity contribution is 7.20. The first-order chi connectivity index (χ1) is 21.5. The van der Waals surface area contributed by atoms with E-state index < -0.39 is 12.3 Å². The lowest BCUT2D eigenvalue weighted by Crippen LogP contribution is -2.38. The summed E-state index contributed by atoms with van der Waals surface area (Å²) >= 11 is 1.44. The number of fused-ring (bicyclic) bond motifs is 2. The van der Waals surface area contributed by atoms with Crippen molar-refractivity contribution in [3.8, 4) is 11.1 Å². The predicted molar refractivity (Wildman–Crippen MR) is 177 cm³/mol. The van der Waals surface area contributed by atoms with Crippen LogP contribution in [-0.2, 0) is 12.8 Å². The van der Waals surface area contributed by atoms with Crippen molar-refractivity contribution in [3.05, 3.63) is 86.8 Å². The number of aryl methyl sites for hydroxylation is 1. The van der Waals surface area contributed by atoms with Crippen LogP contribution < -0.4 is 10.9 Å². The largest absolute Gasteiger partial charge is 0.344 e. The zero-order chi connectivity index (χ0) is 31.7. The molecule has 1 aliphatic heterocycles. The third-order valence-corrected chi connectivity index (χ3v) is 10.8.